The number of nitrogens with one attached hydrogen (secondary N) is 2. The minimum atomic E-state index is -0.335. The van der Waals surface area contributed by atoms with Crippen molar-refractivity contribution in [1.82, 2.24) is 10.6 Å². The average Bonchev–Trinajstić information content (AvgIpc) is 2.79. The molecule has 5 nitrogen and oxygen atoms in total. The van der Waals surface area contributed by atoms with Crippen LogP contribution < -0.4 is 15.5 Å². The van der Waals surface area contributed by atoms with Crippen LogP contribution >= 0.6 is 0 Å². The fourth-order valence-electron chi connectivity index (χ4n) is 4.64. The number of anilines is 1. The lowest BCUT2D eigenvalue weighted by Gasteiger charge is -2.38. The highest BCUT2D eigenvalue weighted by atomic mass is 19.1. The van der Waals surface area contributed by atoms with E-state index in [4.69, 9.17) is 4.74 Å². The van der Waals surface area contributed by atoms with E-state index in [0.717, 1.165) is 43.5 Å². The summed E-state index contributed by atoms with van der Waals surface area (Å²) in [5.74, 6) is -0.531. The Bertz CT molecular complexity index is 902. The van der Waals surface area contributed by atoms with E-state index in [-0.39, 0.29) is 29.1 Å². The molecular weight excluding hydrogens is 400 g/mol. The van der Waals surface area contributed by atoms with Crippen molar-refractivity contribution in [1.29, 1.82) is 0 Å². The van der Waals surface area contributed by atoms with Gasteiger partial charge in [-0.1, -0.05) is 18.2 Å². The minimum absolute atomic E-state index is 0.0168. The Morgan fingerprint density at radius 3 is 2.58 bits per heavy atom. The summed E-state index contributed by atoms with van der Waals surface area (Å²) >= 11 is 0. The fourth-order valence-corrected chi connectivity index (χ4v) is 4.64. The number of hydrogen-bond acceptors (Lipinski definition) is 3. The van der Waals surface area contributed by atoms with Gasteiger partial charge < -0.3 is 20.3 Å². The van der Waals surface area contributed by atoms with E-state index < -0.39 is 0 Å². The number of urea groups is 1. The number of carbonyl (C=O) groups excluding carboxylic acids is 1. The summed E-state index contributed by atoms with van der Waals surface area (Å²) in [6, 6.07) is 12.9. The molecule has 2 aliphatic heterocycles. The molecule has 0 aromatic heterocycles. The summed E-state index contributed by atoms with van der Waals surface area (Å²) < 4.78 is 32.9. The van der Waals surface area contributed by atoms with Gasteiger partial charge in [-0.15, -0.1) is 0 Å². The summed E-state index contributed by atoms with van der Waals surface area (Å²) in [5, 5.41) is 6.08. The number of halogens is 2. The monoisotopic (exact) mass is 429 g/mol. The van der Waals surface area contributed by atoms with Gasteiger partial charge in [0.15, 0.2) is 0 Å². The Balaban J connectivity index is 1.36. The van der Waals surface area contributed by atoms with Crippen LogP contribution in [0.25, 0.3) is 0 Å². The highest BCUT2D eigenvalue weighted by Gasteiger charge is 2.35. The highest BCUT2D eigenvalue weighted by molar-refractivity contribution is 5.74. The molecule has 166 valence electrons. The molecule has 2 aromatic rings. The SMILES string of the molecule is O=C(NCC1(c2cccc(F)c2)CCOCC1)NC1CCCN(c2cccc(F)c2)C1. The van der Waals surface area contributed by atoms with Gasteiger partial charge in [-0.25, -0.2) is 13.6 Å². The molecule has 2 amide bonds. The van der Waals surface area contributed by atoms with E-state index in [1.165, 1.54) is 18.2 Å². The zero-order valence-electron chi connectivity index (χ0n) is 17.6. The summed E-state index contributed by atoms with van der Waals surface area (Å²) in [5.41, 5.74) is 1.39. The normalized spacial score (nSPS) is 20.8. The quantitative estimate of drug-likeness (QED) is 0.756. The van der Waals surface area contributed by atoms with Gasteiger partial charge in [0.05, 0.1) is 0 Å². The van der Waals surface area contributed by atoms with Crippen molar-refractivity contribution in [2.75, 3.05) is 37.7 Å². The first-order valence-corrected chi connectivity index (χ1v) is 10.9. The maximum absolute atomic E-state index is 13.8. The molecule has 2 aliphatic rings. The fraction of sp³-hybridized carbons (Fsp3) is 0.458. The van der Waals surface area contributed by atoms with Gasteiger partial charge in [0.25, 0.3) is 0 Å². The number of nitrogens with zero attached hydrogens (tertiary/aromatic N) is 1. The Kier molecular flexibility index (Phi) is 6.70. The largest absolute Gasteiger partial charge is 0.381 e. The third kappa shape index (κ3) is 5.34. The number of ether oxygens (including phenoxy) is 1. The van der Waals surface area contributed by atoms with Gasteiger partial charge in [0.1, 0.15) is 11.6 Å². The molecule has 31 heavy (non-hydrogen) atoms. The lowest BCUT2D eigenvalue weighted by Crippen LogP contribution is -2.53. The van der Waals surface area contributed by atoms with Crippen LogP contribution in [0.3, 0.4) is 0 Å². The van der Waals surface area contributed by atoms with Gasteiger partial charge in [0, 0.05) is 50.0 Å². The number of piperidine rings is 1. The van der Waals surface area contributed by atoms with Gasteiger partial charge in [-0.05, 0) is 61.6 Å². The first kappa shape index (κ1) is 21.6. The maximum atomic E-state index is 13.8. The van der Waals surface area contributed by atoms with E-state index in [1.807, 2.05) is 12.1 Å². The van der Waals surface area contributed by atoms with Crippen molar-refractivity contribution in [3.05, 3.63) is 65.7 Å². The van der Waals surface area contributed by atoms with Crippen LogP contribution in [0, 0.1) is 11.6 Å². The molecule has 2 N–H and O–H groups in total. The van der Waals surface area contributed by atoms with Gasteiger partial charge in [-0.3, -0.25) is 0 Å². The molecule has 4 rings (SSSR count). The van der Waals surface area contributed by atoms with Crippen LogP contribution in [0.4, 0.5) is 19.3 Å². The molecule has 0 spiro atoms. The summed E-state index contributed by atoms with van der Waals surface area (Å²) in [6.45, 7) is 3.08. The van der Waals surface area contributed by atoms with E-state index >= 15 is 0 Å². The Morgan fingerprint density at radius 1 is 1.10 bits per heavy atom. The second-order valence-electron chi connectivity index (χ2n) is 8.50. The zero-order chi connectivity index (χ0) is 21.7. The third-order valence-corrected chi connectivity index (χ3v) is 6.40. The molecule has 7 heteroatoms. The predicted octanol–water partition coefficient (Wildman–Crippen LogP) is 3.98. The van der Waals surface area contributed by atoms with Crippen molar-refractivity contribution >= 4 is 11.7 Å². The average molecular weight is 430 g/mol. The summed E-state index contributed by atoms with van der Waals surface area (Å²) in [7, 11) is 0. The van der Waals surface area contributed by atoms with Crippen LogP contribution in [0.2, 0.25) is 0 Å². The topological polar surface area (TPSA) is 53.6 Å². The van der Waals surface area contributed by atoms with Crippen molar-refractivity contribution in [3.63, 3.8) is 0 Å². The molecule has 1 atom stereocenters. The lowest BCUT2D eigenvalue weighted by molar-refractivity contribution is 0.0505. The Labute approximate surface area is 181 Å². The summed E-state index contributed by atoms with van der Waals surface area (Å²) in [6.07, 6.45) is 3.26. The molecule has 1 unspecified atom stereocenters. The van der Waals surface area contributed by atoms with E-state index in [2.05, 4.69) is 15.5 Å². The van der Waals surface area contributed by atoms with Crippen LogP contribution in [-0.4, -0.2) is 44.9 Å². The van der Waals surface area contributed by atoms with Crippen LogP contribution in [0.15, 0.2) is 48.5 Å². The molecule has 2 heterocycles. The van der Waals surface area contributed by atoms with Crippen molar-refractivity contribution in [3.8, 4) is 0 Å². The zero-order valence-corrected chi connectivity index (χ0v) is 17.6. The molecule has 2 saturated heterocycles. The number of hydrogen-bond donors (Lipinski definition) is 2. The maximum Gasteiger partial charge on any atom is 0.315 e. The van der Waals surface area contributed by atoms with E-state index in [1.54, 1.807) is 18.2 Å². The number of benzene rings is 2. The molecule has 0 radical (unpaired) electrons. The highest BCUT2D eigenvalue weighted by Crippen LogP contribution is 2.34. The van der Waals surface area contributed by atoms with E-state index in [0.29, 0.717) is 26.3 Å². The number of carbonyl (C=O) groups is 1. The van der Waals surface area contributed by atoms with Crippen molar-refractivity contribution in [2.45, 2.75) is 37.1 Å². The smallest absolute Gasteiger partial charge is 0.315 e. The van der Waals surface area contributed by atoms with Crippen LogP contribution in [0.5, 0.6) is 0 Å². The molecular formula is C24H29F2N3O2. The molecule has 0 bridgehead atoms. The Hall–Kier alpha value is -2.67. The standard InChI is InChI=1S/C24H29F2N3O2/c25-19-5-1-4-18(14-19)24(9-12-31-13-10-24)17-27-23(30)28-21-7-3-11-29(16-21)22-8-2-6-20(26)15-22/h1-2,4-6,8,14-15,21H,3,7,9-13,16-17H2,(H2,27,28,30). The second kappa shape index (κ2) is 9.64. The van der Waals surface area contributed by atoms with Gasteiger partial charge in [-0.2, -0.15) is 0 Å². The van der Waals surface area contributed by atoms with Crippen molar-refractivity contribution < 1.29 is 18.3 Å². The molecule has 2 aromatic carbocycles. The number of amides is 2. The molecule has 2 fully saturated rings. The molecule has 0 saturated carbocycles. The first-order valence-electron chi connectivity index (χ1n) is 10.9. The minimum Gasteiger partial charge on any atom is -0.381 e. The third-order valence-electron chi connectivity index (χ3n) is 6.40. The van der Waals surface area contributed by atoms with Gasteiger partial charge in [0.2, 0.25) is 0 Å². The lowest BCUT2D eigenvalue weighted by atomic mass is 9.74. The molecule has 0 aliphatic carbocycles. The van der Waals surface area contributed by atoms with Crippen LogP contribution in [0.1, 0.15) is 31.2 Å². The van der Waals surface area contributed by atoms with Crippen molar-refractivity contribution in [2.24, 2.45) is 0 Å². The second-order valence-corrected chi connectivity index (χ2v) is 8.50. The Morgan fingerprint density at radius 2 is 1.84 bits per heavy atom. The first-order chi connectivity index (χ1) is 15.0. The van der Waals surface area contributed by atoms with Crippen LogP contribution in [-0.2, 0) is 10.2 Å². The van der Waals surface area contributed by atoms with E-state index in [9.17, 15) is 13.6 Å². The van der Waals surface area contributed by atoms with Gasteiger partial charge >= 0.3 is 6.03 Å². The summed E-state index contributed by atoms with van der Waals surface area (Å²) in [4.78, 5) is 14.8. The predicted molar refractivity (Wildman–Crippen MR) is 116 cm³/mol. The number of rotatable bonds is 5.